The molecule has 0 radical (unpaired) electrons. The Bertz CT molecular complexity index is 504. The zero-order valence-corrected chi connectivity index (χ0v) is 8.93. The van der Waals surface area contributed by atoms with Gasteiger partial charge in [0.15, 0.2) is 0 Å². The van der Waals surface area contributed by atoms with Crippen molar-refractivity contribution in [1.82, 2.24) is 0 Å². The second-order valence-corrected chi connectivity index (χ2v) is 3.74. The molecule has 5 nitrogen and oxygen atoms in total. The van der Waals surface area contributed by atoms with Gasteiger partial charge in [0.05, 0.1) is 6.61 Å². The van der Waals surface area contributed by atoms with Gasteiger partial charge in [-0.05, 0) is 23.8 Å². The average molecular weight is 234 g/mol. The minimum absolute atomic E-state index is 0.223. The van der Waals surface area contributed by atoms with E-state index in [1.807, 2.05) is 0 Å². The number of Topliss-reactive ketones (excluding diaryl/α,β-unsaturated/α-hetero) is 2. The molecule has 1 aromatic carbocycles. The van der Waals surface area contributed by atoms with E-state index < -0.39 is 24.0 Å². The molecule has 0 fully saturated rings. The molecule has 0 unspecified atom stereocenters. The van der Waals surface area contributed by atoms with Gasteiger partial charge in [0.1, 0.15) is 12.2 Å². The lowest BCUT2D eigenvalue weighted by Gasteiger charge is -2.02. The highest BCUT2D eigenvalue weighted by Gasteiger charge is 2.21. The summed E-state index contributed by atoms with van der Waals surface area (Å²) in [7, 11) is 0. The normalized spacial score (nSPS) is 12.7. The second kappa shape index (κ2) is 4.37. The van der Waals surface area contributed by atoms with Crippen LogP contribution >= 0.6 is 0 Å². The van der Waals surface area contributed by atoms with Crippen LogP contribution in [0.3, 0.4) is 0 Å². The standard InChI is InChI=1S/C12H10O5/c13-9(6-11(14)15)12(16)8-1-2-10-7(5-8)3-4-17-10/h1-2,5H,3-4,6H2,(H,14,15). The van der Waals surface area contributed by atoms with Gasteiger partial charge in [-0.15, -0.1) is 0 Å². The van der Waals surface area contributed by atoms with Gasteiger partial charge in [0.25, 0.3) is 0 Å². The number of aliphatic carboxylic acids is 1. The molecule has 0 aromatic heterocycles. The number of carbonyl (C=O) groups excluding carboxylic acids is 2. The quantitative estimate of drug-likeness (QED) is 0.474. The fraction of sp³-hybridized carbons (Fsp3) is 0.250. The zero-order valence-electron chi connectivity index (χ0n) is 8.93. The van der Waals surface area contributed by atoms with E-state index in [1.54, 1.807) is 12.1 Å². The van der Waals surface area contributed by atoms with Gasteiger partial charge < -0.3 is 9.84 Å². The minimum Gasteiger partial charge on any atom is -0.493 e. The molecule has 0 amide bonds. The Kier molecular flexibility index (Phi) is 2.91. The van der Waals surface area contributed by atoms with Gasteiger partial charge in [0, 0.05) is 12.0 Å². The van der Waals surface area contributed by atoms with Crippen LogP contribution in [0.4, 0.5) is 0 Å². The molecule has 0 spiro atoms. The monoisotopic (exact) mass is 234 g/mol. The number of fused-ring (bicyclic) bond motifs is 1. The van der Waals surface area contributed by atoms with Crippen molar-refractivity contribution in [1.29, 1.82) is 0 Å². The lowest BCUT2D eigenvalue weighted by molar-refractivity contribution is -0.139. The van der Waals surface area contributed by atoms with Crippen LogP contribution in [0, 0.1) is 0 Å². The van der Waals surface area contributed by atoms with Gasteiger partial charge >= 0.3 is 5.97 Å². The number of carboxylic acid groups (broad SMARTS) is 1. The van der Waals surface area contributed by atoms with Crippen molar-refractivity contribution in [2.75, 3.05) is 6.61 Å². The molecule has 0 aliphatic carbocycles. The molecule has 0 bridgehead atoms. The highest BCUT2D eigenvalue weighted by atomic mass is 16.5. The van der Waals surface area contributed by atoms with Crippen LogP contribution in [0.25, 0.3) is 0 Å². The molecule has 17 heavy (non-hydrogen) atoms. The Balaban J connectivity index is 2.20. The second-order valence-electron chi connectivity index (χ2n) is 3.74. The average Bonchev–Trinajstić information content (AvgIpc) is 2.73. The molecule has 5 heteroatoms. The summed E-state index contributed by atoms with van der Waals surface area (Å²) in [5.41, 5.74) is 1.10. The van der Waals surface area contributed by atoms with Gasteiger partial charge in [-0.3, -0.25) is 14.4 Å². The molecule has 1 aromatic rings. The third kappa shape index (κ3) is 2.33. The van der Waals surface area contributed by atoms with Crippen molar-refractivity contribution in [3.05, 3.63) is 29.3 Å². The third-order valence-electron chi connectivity index (χ3n) is 2.52. The summed E-state index contributed by atoms with van der Waals surface area (Å²) in [5.74, 6) is -2.25. The first kappa shape index (κ1) is 11.3. The Labute approximate surface area is 97.0 Å². The number of benzene rings is 1. The summed E-state index contributed by atoms with van der Waals surface area (Å²) in [5, 5.41) is 8.44. The van der Waals surface area contributed by atoms with Crippen LogP contribution in [0.2, 0.25) is 0 Å². The summed E-state index contributed by atoms with van der Waals surface area (Å²) >= 11 is 0. The highest BCUT2D eigenvalue weighted by Crippen LogP contribution is 2.26. The maximum atomic E-state index is 11.6. The van der Waals surface area contributed by atoms with E-state index in [1.165, 1.54) is 6.07 Å². The van der Waals surface area contributed by atoms with Crippen molar-refractivity contribution in [2.45, 2.75) is 12.8 Å². The van der Waals surface area contributed by atoms with E-state index in [4.69, 9.17) is 9.84 Å². The van der Waals surface area contributed by atoms with Crippen LogP contribution in [-0.2, 0) is 16.0 Å². The van der Waals surface area contributed by atoms with E-state index >= 15 is 0 Å². The zero-order chi connectivity index (χ0) is 12.4. The van der Waals surface area contributed by atoms with Crippen LogP contribution in [0.5, 0.6) is 5.75 Å². The summed E-state index contributed by atoms with van der Waals surface area (Å²) in [6.45, 7) is 0.566. The van der Waals surface area contributed by atoms with Crippen LogP contribution in [0.15, 0.2) is 18.2 Å². The smallest absolute Gasteiger partial charge is 0.311 e. The molecule has 1 aliphatic rings. The van der Waals surface area contributed by atoms with Gasteiger partial charge in [-0.25, -0.2) is 0 Å². The maximum absolute atomic E-state index is 11.6. The predicted octanol–water partition coefficient (Wildman–Crippen LogP) is 0.848. The van der Waals surface area contributed by atoms with Gasteiger partial charge in [0.2, 0.25) is 11.6 Å². The van der Waals surface area contributed by atoms with Crippen LogP contribution < -0.4 is 4.74 Å². The number of carbonyl (C=O) groups is 3. The molecule has 1 aliphatic heterocycles. The third-order valence-corrected chi connectivity index (χ3v) is 2.52. The summed E-state index contributed by atoms with van der Waals surface area (Å²) in [4.78, 5) is 33.3. The fourth-order valence-electron chi connectivity index (χ4n) is 1.71. The lowest BCUT2D eigenvalue weighted by Crippen LogP contribution is -2.17. The molecule has 88 valence electrons. The number of ketones is 2. The number of ether oxygens (including phenoxy) is 1. The van der Waals surface area contributed by atoms with Crippen molar-refractivity contribution in [2.24, 2.45) is 0 Å². The fourth-order valence-corrected chi connectivity index (χ4v) is 1.71. The first-order chi connectivity index (χ1) is 8.08. The molecule has 1 heterocycles. The Morgan fingerprint density at radius 2 is 2.06 bits per heavy atom. The van der Waals surface area contributed by atoms with Crippen LogP contribution in [0.1, 0.15) is 22.3 Å². The SMILES string of the molecule is O=C(O)CC(=O)C(=O)c1ccc2c(c1)CCO2. The van der Waals surface area contributed by atoms with Crippen LogP contribution in [-0.4, -0.2) is 29.2 Å². The molecule has 0 saturated carbocycles. The molecule has 1 N–H and O–H groups in total. The summed E-state index contributed by atoms with van der Waals surface area (Å²) < 4.78 is 5.27. The largest absolute Gasteiger partial charge is 0.493 e. The van der Waals surface area contributed by atoms with E-state index in [-0.39, 0.29) is 5.56 Å². The van der Waals surface area contributed by atoms with Crippen molar-refractivity contribution >= 4 is 17.5 Å². The number of hydrogen-bond acceptors (Lipinski definition) is 4. The predicted molar refractivity (Wildman–Crippen MR) is 57.2 cm³/mol. The number of hydrogen-bond donors (Lipinski definition) is 1. The molecular formula is C12H10O5. The van der Waals surface area contributed by atoms with Crippen molar-refractivity contribution in [3.8, 4) is 5.75 Å². The first-order valence-electron chi connectivity index (χ1n) is 5.13. The Hall–Kier alpha value is -2.17. The molecule has 2 rings (SSSR count). The van der Waals surface area contributed by atoms with E-state index in [0.29, 0.717) is 18.8 Å². The summed E-state index contributed by atoms with van der Waals surface area (Å²) in [6.07, 6.45) is -0.0734. The van der Waals surface area contributed by atoms with E-state index in [9.17, 15) is 14.4 Å². The molecular weight excluding hydrogens is 224 g/mol. The Morgan fingerprint density at radius 1 is 1.29 bits per heavy atom. The topological polar surface area (TPSA) is 80.7 Å². The lowest BCUT2D eigenvalue weighted by atomic mass is 10.0. The molecule has 0 saturated heterocycles. The number of carboxylic acids is 1. The highest BCUT2D eigenvalue weighted by molar-refractivity contribution is 6.45. The number of rotatable bonds is 4. The first-order valence-corrected chi connectivity index (χ1v) is 5.13. The minimum atomic E-state index is -1.30. The van der Waals surface area contributed by atoms with E-state index in [2.05, 4.69) is 0 Å². The van der Waals surface area contributed by atoms with Gasteiger partial charge in [-0.2, -0.15) is 0 Å². The van der Waals surface area contributed by atoms with Gasteiger partial charge in [-0.1, -0.05) is 0 Å². The van der Waals surface area contributed by atoms with Crippen molar-refractivity contribution < 1.29 is 24.2 Å². The Morgan fingerprint density at radius 3 is 2.76 bits per heavy atom. The van der Waals surface area contributed by atoms with Crippen molar-refractivity contribution in [3.63, 3.8) is 0 Å². The summed E-state index contributed by atoms with van der Waals surface area (Å²) in [6, 6.07) is 4.69. The molecule has 0 atom stereocenters. The van der Waals surface area contributed by atoms with E-state index in [0.717, 1.165) is 5.56 Å². The maximum Gasteiger partial charge on any atom is 0.311 e.